The van der Waals surface area contributed by atoms with Gasteiger partial charge >= 0.3 is 0 Å². The molecule has 0 spiro atoms. The van der Waals surface area contributed by atoms with Crippen molar-refractivity contribution in [3.8, 4) is 12.3 Å². The van der Waals surface area contributed by atoms with E-state index in [4.69, 9.17) is 6.42 Å². The standard InChI is InChI=1S/C16H26N2S/c1-5-8-17-12-16-11-15(14(4)19-16)13-18(9-6-2)10-7-3/h2,11,17H,5,7-10,12-13H2,1,3-4H3. The van der Waals surface area contributed by atoms with Gasteiger partial charge in [-0.05, 0) is 44.5 Å². The molecule has 1 aromatic rings. The summed E-state index contributed by atoms with van der Waals surface area (Å²) in [6.45, 7) is 11.5. The van der Waals surface area contributed by atoms with Crippen LogP contribution in [0.5, 0.6) is 0 Å². The summed E-state index contributed by atoms with van der Waals surface area (Å²) in [6.07, 6.45) is 7.77. The van der Waals surface area contributed by atoms with Crippen LogP contribution in [-0.2, 0) is 13.1 Å². The maximum atomic E-state index is 5.44. The van der Waals surface area contributed by atoms with Crippen molar-refractivity contribution in [1.29, 1.82) is 0 Å². The molecule has 0 amide bonds. The van der Waals surface area contributed by atoms with E-state index in [1.165, 1.54) is 21.7 Å². The molecule has 0 aliphatic rings. The molecule has 2 nitrogen and oxygen atoms in total. The molecule has 0 fully saturated rings. The lowest BCUT2D eigenvalue weighted by Crippen LogP contribution is -2.24. The Kier molecular flexibility index (Phi) is 7.81. The molecule has 1 aromatic heterocycles. The number of rotatable bonds is 9. The molecule has 0 saturated carbocycles. The van der Waals surface area contributed by atoms with Gasteiger partial charge in [0, 0.05) is 22.8 Å². The highest BCUT2D eigenvalue weighted by molar-refractivity contribution is 7.12. The smallest absolute Gasteiger partial charge is 0.0601 e. The summed E-state index contributed by atoms with van der Waals surface area (Å²) in [5.41, 5.74) is 1.43. The zero-order chi connectivity index (χ0) is 14.1. The van der Waals surface area contributed by atoms with E-state index in [0.29, 0.717) is 0 Å². The first kappa shape index (κ1) is 16.2. The van der Waals surface area contributed by atoms with Gasteiger partial charge in [0.1, 0.15) is 0 Å². The van der Waals surface area contributed by atoms with Gasteiger partial charge in [-0.25, -0.2) is 0 Å². The molecular weight excluding hydrogens is 252 g/mol. The third-order valence-corrected chi connectivity index (χ3v) is 4.14. The summed E-state index contributed by atoms with van der Waals surface area (Å²) in [6, 6.07) is 2.34. The molecular formula is C16H26N2S. The lowest BCUT2D eigenvalue weighted by Gasteiger charge is -2.18. The van der Waals surface area contributed by atoms with Gasteiger partial charge in [-0.15, -0.1) is 17.8 Å². The molecule has 0 aromatic carbocycles. The Morgan fingerprint density at radius 1 is 1.37 bits per heavy atom. The van der Waals surface area contributed by atoms with Gasteiger partial charge in [-0.2, -0.15) is 0 Å². The van der Waals surface area contributed by atoms with Gasteiger partial charge in [0.15, 0.2) is 0 Å². The monoisotopic (exact) mass is 278 g/mol. The van der Waals surface area contributed by atoms with Crippen molar-refractivity contribution in [2.45, 2.75) is 46.7 Å². The maximum absolute atomic E-state index is 5.44. The number of thiophene rings is 1. The maximum Gasteiger partial charge on any atom is 0.0601 e. The lowest BCUT2D eigenvalue weighted by molar-refractivity contribution is 0.299. The second-order valence-corrected chi connectivity index (χ2v) is 6.23. The Bertz CT molecular complexity index is 403. The molecule has 0 bridgehead atoms. The predicted molar refractivity (Wildman–Crippen MR) is 85.5 cm³/mol. The van der Waals surface area contributed by atoms with Crippen LogP contribution in [0.25, 0.3) is 0 Å². The minimum Gasteiger partial charge on any atom is -0.312 e. The number of hydrogen-bond acceptors (Lipinski definition) is 3. The Hall–Kier alpha value is -0.820. The van der Waals surface area contributed by atoms with Crippen LogP contribution < -0.4 is 5.32 Å². The fourth-order valence-corrected chi connectivity index (χ4v) is 3.14. The zero-order valence-electron chi connectivity index (χ0n) is 12.5. The van der Waals surface area contributed by atoms with E-state index in [1.54, 1.807) is 0 Å². The van der Waals surface area contributed by atoms with Crippen molar-refractivity contribution < 1.29 is 0 Å². The molecule has 0 atom stereocenters. The summed E-state index contributed by atoms with van der Waals surface area (Å²) >= 11 is 1.90. The van der Waals surface area contributed by atoms with Gasteiger partial charge in [-0.1, -0.05) is 19.8 Å². The average molecular weight is 278 g/mol. The summed E-state index contributed by atoms with van der Waals surface area (Å²) in [4.78, 5) is 5.20. The molecule has 0 saturated heterocycles. The molecule has 1 rings (SSSR count). The highest BCUT2D eigenvalue weighted by Gasteiger charge is 2.09. The van der Waals surface area contributed by atoms with Crippen molar-refractivity contribution >= 4 is 11.3 Å². The second kappa shape index (κ2) is 9.14. The van der Waals surface area contributed by atoms with Crippen LogP contribution >= 0.6 is 11.3 Å². The summed E-state index contributed by atoms with van der Waals surface area (Å²) in [5, 5.41) is 3.46. The summed E-state index contributed by atoms with van der Waals surface area (Å²) in [5.74, 6) is 2.76. The van der Waals surface area contributed by atoms with Gasteiger partial charge in [0.2, 0.25) is 0 Å². The fourth-order valence-electron chi connectivity index (χ4n) is 2.12. The van der Waals surface area contributed by atoms with E-state index in [9.17, 15) is 0 Å². The second-order valence-electron chi connectivity index (χ2n) is 4.89. The molecule has 1 N–H and O–H groups in total. The van der Waals surface area contributed by atoms with Crippen molar-refractivity contribution in [2.75, 3.05) is 19.6 Å². The number of terminal acetylenes is 1. The molecule has 19 heavy (non-hydrogen) atoms. The zero-order valence-corrected chi connectivity index (χ0v) is 13.3. The number of nitrogens with one attached hydrogen (secondary N) is 1. The van der Waals surface area contributed by atoms with Crippen molar-refractivity contribution in [3.63, 3.8) is 0 Å². The topological polar surface area (TPSA) is 15.3 Å². The molecule has 0 aliphatic heterocycles. The van der Waals surface area contributed by atoms with Crippen LogP contribution in [0.3, 0.4) is 0 Å². The van der Waals surface area contributed by atoms with Crippen LogP contribution in [0.1, 0.15) is 42.0 Å². The highest BCUT2D eigenvalue weighted by Crippen LogP contribution is 2.23. The lowest BCUT2D eigenvalue weighted by atomic mass is 10.2. The van der Waals surface area contributed by atoms with E-state index < -0.39 is 0 Å². The fraction of sp³-hybridized carbons (Fsp3) is 0.625. The predicted octanol–water partition coefficient (Wildman–Crippen LogP) is 3.40. The molecule has 3 heteroatoms. The van der Waals surface area contributed by atoms with Gasteiger partial charge in [0.25, 0.3) is 0 Å². The Balaban J connectivity index is 2.59. The van der Waals surface area contributed by atoms with E-state index >= 15 is 0 Å². The SMILES string of the molecule is C#CCN(CCC)Cc1cc(CNCCC)sc1C. The molecule has 0 unspecified atom stereocenters. The number of hydrogen-bond donors (Lipinski definition) is 1. The van der Waals surface area contributed by atoms with Gasteiger partial charge in [0.05, 0.1) is 6.54 Å². The quantitative estimate of drug-likeness (QED) is 0.550. The molecule has 1 heterocycles. The number of aryl methyl sites for hydroxylation is 1. The highest BCUT2D eigenvalue weighted by atomic mass is 32.1. The van der Waals surface area contributed by atoms with Crippen LogP contribution in [0, 0.1) is 19.3 Å². The van der Waals surface area contributed by atoms with E-state index in [-0.39, 0.29) is 0 Å². The minimum atomic E-state index is 0.743. The molecule has 106 valence electrons. The Labute approximate surface area is 122 Å². The largest absolute Gasteiger partial charge is 0.312 e. The van der Waals surface area contributed by atoms with E-state index in [2.05, 4.69) is 43.0 Å². The Morgan fingerprint density at radius 2 is 2.16 bits per heavy atom. The van der Waals surface area contributed by atoms with Crippen molar-refractivity contribution in [2.24, 2.45) is 0 Å². The molecule has 0 radical (unpaired) electrons. The number of nitrogens with zero attached hydrogens (tertiary/aromatic N) is 1. The normalized spacial score (nSPS) is 10.9. The van der Waals surface area contributed by atoms with Crippen LogP contribution in [0.4, 0.5) is 0 Å². The Morgan fingerprint density at radius 3 is 2.79 bits per heavy atom. The first-order chi connectivity index (χ1) is 9.21. The van der Waals surface area contributed by atoms with Crippen molar-refractivity contribution in [1.82, 2.24) is 10.2 Å². The van der Waals surface area contributed by atoms with E-state index in [1.807, 2.05) is 11.3 Å². The first-order valence-electron chi connectivity index (χ1n) is 7.15. The minimum absolute atomic E-state index is 0.743. The third kappa shape index (κ3) is 5.78. The molecule has 0 aliphatic carbocycles. The average Bonchev–Trinajstić information content (AvgIpc) is 2.71. The van der Waals surface area contributed by atoms with Gasteiger partial charge in [-0.3, -0.25) is 4.90 Å². The van der Waals surface area contributed by atoms with Gasteiger partial charge < -0.3 is 5.32 Å². The van der Waals surface area contributed by atoms with Crippen LogP contribution in [-0.4, -0.2) is 24.5 Å². The van der Waals surface area contributed by atoms with Crippen LogP contribution in [0.15, 0.2) is 6.07 Å². The summed E-state index contributed by atoms with van der Waals surface area (Å²) in [7, 11) is 0. The summed E-state index contributed by atoms with van der Waals surface area (Å²) < 4.78 is 0. The van der Waals surface area contributed by atoms with Crippen LogP contribution in [0.2, 0.25) is 0 Å². The van der Waals surface area contributed by atoms with E-state index in [0.717, 1.165) is 39.1 Å². The first-order valence-corrected chi connectivity index (χ1v) is 7.97. The third-order valence-electron chi connectivity index (χ3n) is 3.05. The van der Waals surface area contributed by atoms with Crippen molar-refractivity contribution in [3.05, 3.63) is 21.4 Å².